The molecule has 1 unspecified atom stereocenters. The molecule has 0 bridgehead atoms. The molecule has 1 rings (SSSR count). The van der Waals surface area contributed by atoms with Crippen LogP contribution in [0.3, 0.4) is 0 Å². The van der Waals surface area contributed by atoms with Crippen molar-refractivity contribution in [3.63, 3.8) is 0 Å². The van der Waals surface area contributed by atoms with Crippen molar-refractivity contribution in [2.75, 3.05) is 13.1 Å². The second-order valence-corrected chi connectivity index (χ2v) is 2.08. The van der Waals surface area contributed by atoms with Crippen molar-refractivity contribution in [3.8, 4) is 0 Å². The second kappa shape index (κ2) is 3.94. The van der Waals surface area contributed by atoms with Gasteiger partial charge >= 0.3 is 18.0 Å². The number of hydrogen-bond acceptors (Lipinski definition) is 1. The van der Waals surface area contributed by atoms with E-state index in [0.29, 0.717) is 5.91 Å². The zero-order valence-corrected chi connectivity index (χ0v) is 8.86. The van der Waals surface area contributed by atoms with Gasteiger partial charge in [0, 0.05) is 19.5 Å². The van der Waals surface area contributed by atoms with Gasteiger partial charge in [-0.2, -0.15) is 0 Å². The van der Waals surface area contributed by atoms with E-state index >= 15 is 0 Å². The van der Waals surface area contributed by atoms with Gasteiger partial charge in [0.25, 0.3) is 0 Å². The fourth-order valence-electron chi connectivity index (χ4n) is 1.04. The van der Waals surface area contributed by atoms with E-state index in [2.05, 4.69) is 0 Å². The Morgan fingerprint density at radius 1 is 1.67 bits per heavy atom. The third-order valence-electron chi connectivity index (χ3n) is 1.55. The fourth-order valence-corrected chi connectivity index (χ4v) is 1.04. The van der Waals surface area contributed by atoms with Crippen LogP contribution < -0.4 is 0 Å². The Morgan fingerprint density at radius 3 is 2.56 bits per heavy atom. The van der Waals surface area contributed by atoms with Gasteiger partial charge in [-0.1, -0.05) is 0 Å². The van der Waals surface area contributed by atoms with Crippen LogP contribution in [0.25, 0.3) is 0 Å². The standard InChI is InChI=1S/C6H11NO.AsH3/c1-2-7-5-3-4-6(7)8;/h2-5H2,1H3;1H3. The summed E-state index contributed by atoms with van der Waals surface area (Å²) >= 11 is 0. The maximum atomic E-state index is 10.7. The molecule has 1 aliphatic rings. The number of carbonyl (C=O) groups excluding carboxylic acids is 1. The van der Waals surface area contributed by atoms with Gasteiger partial charge in [0.2, 0.25) is 5.91 Å². The summed E-state index contributed by atoms with van der Waals surface area (Å²) < 4.78 is 0. The monoisotopic (exact) mass is 191 g/mol. The van der Waals surface area contributed by atoms with Crippen molar-refractivity contribution >= 4 is 23.9 Å². The first-order chi connectivity index (χ1) is 3.84. The van der Waals surface area contributed by atoms with Crippen LogP contribution in [-0.4, -0.2) is 41.8 Å². The van der Waals surface area contributed by atoms with E-state index in [1.54, 1.807) is 0 Å². The Morgan fingerprint density at radius 2 is 2.33 bits per heavy atom. The van der Waals surface area contributed by atoms with E-state index in [4.69, 9.17) is 0 Å². The molecule has 0 aromatic rings. The average Bonchev–Trinajstić information content (AvgIpc) is 2.14. The molecule has 3 heteroatoms. The summed E-state index contributed by atoms with van der Waals surface area (Å²) in [6.45, 7) is 3.89. The summed E-state index contributed by atoms with van der Waals surface area (Å²) in [6, 6.07) is 0. The van der Waals surface area contributed by atoms with Crippen LogP contribution >= 0.6 is 0 Å². The molecule has 1 heterocycles. The van der Waals surface area contributed by atoms with E-state index in [1.807, 2.05) is 11.8 Å². The number of hydrogen-bond donors (Lipinski definition) is 0. The van der Waals surface area contributed by atoms with Crippen molar-refractivity contribution in [3.05, 3.63) is 0 Å². The van der Waals surface area contributed by atoms with Gasteiger partial charge in [-0.3, -0.25) is 4.79 Å². The number of amides is 1. The Kier molecular flexibility index (Phi) is 3.96. The Balaban J connectivity index is 0.000000640. The Labute approximate surface area is 66.9 Å². The first-order valence-corrected chi connectivity index (χ1v) is 3.12. The molecule has 0 radical (unpaired) electrons. The zero-order valence-electron chi connectivity index (χ0n) is 5.89. The molecule has 0 aromatic carbocycles. The molecule has 54 valence electrons. The molecule has 0 spiro atoms. The van der Waals surface area contributed by atoms with Crippen LogP contribution in [-0.2, 0) is 4.79 Å². The molecule has 9 heavy (non-hydrogen) atoms. The second-order valence-electron chi connectivity index (χ2n) is 2.08. The number of carbonyl (C=O) groups is 1. The summed E-state index contributed by atoms with van der Waals surface area (Å²) in [5.41, 5.74) is 0. The molecular formula is C6H14AsNO. The third kappa shape index (κ3) is 2.02. The van der Waals surface area contributed by atoms with Gasteiger partial charge < -0.3 is 4.90 Å². The number of nitrogens with zero attached hydrogens (tertiary/aromatic N) is 1. The van der Waals surface area contributed by atoms with E-state index in [-0.39, 0.29) is 18.0 Å². The van der Waals surface area contributed by atoms with Crippen LogP contribution in [0.5, 0.6) is 0 Å². The minimum atomic E-state index is 0. The van der Waals surface area contributed by atoms with Gasteiger partial charge in [-0.05, 0) is 13.3 Å². The zero-order chi connectivity index (χ0) is 5.98. The van der Waals surface area contributed by atoms with Crippen molar-refractivity contribution in [2.45, 2.75) is 19.8 Å². The molecule has 0 N–H and O–H groups in total. The number of rotatable bonds is 1. The molecule has 1 aliphatic heterocycles. The third-order valence-corrected chi connectivity index (χ3v) is 1.55. The van der Waals surface area contributed by atoms with Crippen LogP contribution in [0, 0.1) is 0 Å². The fraction of sp³-hybridized carbons (Fsp3) is 0.833. The van der Waals surface area contributed by atoms with Crippen LogP contribution in [0.1, 0.15) is 19.8 Å². The molecule has 0 aromatic heterocycles. The predicted molar refractivity (Wildman–Crippen MR) is 41.4 cm³/mol. The molecule has 1 amide bonds. The van der Waals surface area contributed by atoms with Crippen LogP contribution in [0.15, 0.2) is 0 Å². The SMILES string of the molecule is CCN1CCCC1=O.[AsH3]. The molecule has 0 aliphatic carbocycles. The van der Waals surface area contributed by atoms with Gasteiger partial charge in [0.15, 0.2) is 0 Å². The van der Waals surface area contributed by atoms with Crippen molar-refractivity contribution < 1.29 is 4.79 Å². The quantitative estimate of drug-likeness (QED) is 0.509. The molecule has 1 atom stereocenters. The van der Waals surface area contributed by atoms with E-state index in [1.165, 1.54) is 0 Å². The maximum absolute atomic E-state index is 10.7. The first kappa shape index (κ1) is 9.03. The van der Waals surface area contributed by atoms with Gasteiger partial charge in [-0.25, -0.2) is 0 Å². The summed E-state index contributed by atoms with van der Waals surface area (Å²) in [5.74, 6) is 0.326. The summed E-state index contributed by atoms with van der Waals surface area (Å²) in [4.78, 5) is 12.6. The van der Waals surface area contributed by atoms with Gasteiger partial charge in [0.05, 0.1) is 0 Å². The first-order valence-electron chi connectivity index (χ1n) is 3.12. The summed E-state index contributed by atoms with van der Waals surface area (Å²) in [6.07, 6.45) is 1.83. The number of likely N-dealkylation sites (tertiary alicyclic amines) is 1. The van der Waals surface area contributed by atoms with Crippen LogP contribution in [0.4, 0.5) is 0 Å². The van der Waals surface area contributed by atoms with Gasteiger partial charge in [0.1, 0.15) is 0 Å². The van der Waals surface area contributed by atoms with E-state index < -0.39 is 0 Å². The van der Waals surface area contributed by atoms with E-state index in [9.17, 15) is 4.79 Å². The molecule has 1 fully saturated rings. The topological polar surface area (TPSA) is 20.3 Å². The normalized spacial score (nSPS) is 17.9. The predicted octanol–water partition coefficient (Wildman–Crippen LogP) is -0.555. The molecule has 2 nitrogen and oxygen atoms in total. The molecule has 1 saturated heterocycles. The van der Waals surface area contributed by atoms with Crippen molar-refractivity contribution in [1.82, 2.24) is 4.90 Å². The molecular weight excluding hydrogens is 177 g/mol. The summed E-state index contributed by atoms with van der Waals surface area (Å²) in [5, 5.41) is 0. The van der Waals surface area contributed by atoms with Crippen molar-refractivity contribution in [1.29, 1.82) is 0 Å². The molecule has 0 saturated carbocycles. The summed E-state index contributed by atoms with van der Waals surface area (Å²) in [7, 11) is 0. The van der Waals surface area contributed by atoms with E-state index in [0.717, 1.165) is 25.9 Å². The minimum absolute atomic E-state index is 0. The van der Waals surface area contributed by atoms with Crippen LogP contribution in [0.2, 0.25) is 0 Å². The van der Waals surface area contributed by atoms with Crippen molar-refractivity contribution in [2.24, 2.45) is 0 Å². The van der Waals surface area contributed by atoms with Gasteiger partial charge in [-0.15, -0.1) is 0 Å². The average molecular weight is 191 g/mol. The Bertz CT molecular complexity index is 105. The Hall–Kier alpha value is 0.0284.